The second-order valence-electron chi connectivity index (χ2n) is 6.60. The van der Waals surface area contributed by atoms with Crippen molar-refractivity contribution in [2.24, 2.45) is 11.8 Å². The Bertz CT molecular complexity index is 506. The third-order valence-corrected chi connectivity index (χ3v) is 5.12. The molecule has 2 N–H and O–H groups in total. The van der Waals surface area contributed by atoms with Gasteiger partial charge in [0.25, 0.3) is 0 Å². The Morgan fingerprint density at radius 3 is 3.14 bits per heavy atom. The van der Waals surface area contributed by atoms with Crippen LogP contribution in [0.3, 0.4) is 0 Å². The van der Waals surface area contributed by atoms with Gasteiger partial charge in [-0.2, -0.15) is 0 Å². The molecule has 3 aliphatic rings. The van der Waals surface area contributed by atoms with E-state index in [0.717, 1.165) is 31.5 Å². The monoisotopic (exact) mass is 288 g/mol. The number of hydrogen-bond donors (Lipinski definition) is 2. The molecular formula is C17H24N2O2. The molecule has 2 aliphatic heterocycles. The smallest absolute Gasteiger partial charge is 0.139 e. The molecule has 0 amide bonds. The average Bonchev–Trinajstić information content (AvgIpc) is 2.55. The van der Waals surface area contributed by atoms with Crippen molar-refractivity contribution in [3.8, 4) is 5.75 Å². The minimum Gasteiger partial charge on any atom is -0.478 e. The van der Waals surface area contributed by atoms with Gasteiger partial charge in [0.15, 0.2) is 0 Å². The van der Waals surface area contributed by atoms with E-state index in [9.17, 15) is 0 Å². The van der Waals surface area contributed by atoms with Crippen LogP contribution in [0, 0.1) is 11.8 Å². The van der Waals surface area contributed by atoms with Gasteiger partial charge in [0.05, 0.1) is 12.8 Å². The maximum atomic E-state index is 5.82. The van der Waals surface area contributed by atoms with E-state index in [-0.39, 0.29) is 0 Å². The van der Waals surface area contributed by atoms with E-state index in [4.69, 9.17) is 9.47 Å². The van der Waals surface area contributed by atoms with Crippen molar-refractivity contribution in [3.63, 3.8) is 0 Å². The Morgan fingerprint density at radius 2 is 2.14 bits per heavy atom. The topological polar surface area (TPSA) is 42.5 Å². The molecule has 21 heavy (non-hydrogen) atoms. The Hall–Kier alpha value is -1.10. The van der Waals surface area contributed by atoms with Crippen molar-refractivity contribution in [1.29, 1.82) is 0 Å². The van der Waals surface area contributed by atoms with Gasteiger partial charge in [-0.05, 0) is 49.1 Å². The molecule has 4 rings (SSSR count). The summed E-state index contributed by atoms with van der Waals surface area (Å²) in [6, 6.07) is 6.71. The molecule has 2 fully saturated rings. The first kappa shape index (κ1) is 13.6. The largest absolute Gasteiger partial charge is 0.478 e. The molecule has 1 saturated heterocycles. The van der Waals surface area contributed by atoms with E-state index < -0.39 is 0 Å². The zero-order valence-corrected chi connectivity index (χ0v) is 12.4. The molecule has 0 bridgehead atoms. The van der Waals surface area contributed by atoms with Gasteiger partial charge in [-0.3, -0.25) is 10.6 Å². The van der Waals surface area contributed by atoms with E-state index >= 15 is 0 Å². The normalized spacial score (nSPS) is 31.9. The van der Waals surface area contributed by atoms with Gasteiger partial charge >= 0.3 is 0 Å². The van der Waals surface area contributed by atoms with Crippen LogP contribution in [0.4, 0.5) is 0 Å². The van der Waals surface area contributed by atoms with Crippen LogP contribution in [0.5, 0.6) is 5.75 Å². The second-order valence-corrected chi connectivity index (χ2v) is 6.60. The van der Waals surface area contributed by atoms with Crippen molar-refractivity contribution in [1.82, 2.24) is 10.6 Å². The van der Waals surface area contributed by atoms with Crippen molar-refractivity contribution in [2.45, 2.75) is 38.3 Å². The van der Waals surface area contributed by atoms with Crippen LogP contribution in [-0.2, 0) is 17.7 Å². The van der Waals surface area contributed by atoms with Gasteiger partial charge in [-0.1, -0.05) is 12.1 Å². The molecule has 114 valence electrons. The maximum Gasteiger partial charge on any atom is 0.139 e. The molecule has 3 atom stereocenters. The van der Waals surface area contributed by atoms with Crippen LogP contribution in [-0.4, -0.2) is 26.1 Å². The summed E-state index contributed by atoms with van der Waals surface area (Å²) >= 11 is 0. The third-order valence-electron chi connectivity index (χ3n) is 5.12. The van der Waals surface area contributed by atoms with Crippen molar-refractivity contribution in [3.05, 3.63) is 29.3 Å². The van der Waals surface area contributed by atoms with Gasteiger partial charge in [0.1, 0.15) is 12.5 Å². The molecule has 1 aromatic carbocycles. The molecule has 4 heteroatoms. The Morgan fingerprint density at radius 1 is 1.14 bits per heavy atom. The first-order valence-electron chi connectivity index (χ1n) is 8.16. The molecule has 0 aromatic heterocycles. The lowest BCUT2D eigenvalue weighted by molar-refractivity contribution is -0.0620. The van der Waals surface area contributed by atoms with E-state index in [2.05, 4.69) is 28.8 Å². The number of nitrogens with one attached hydrogen (secondary N) is 2. The highest BCUT2D eigenvalue weighted by Gasteiger charge is 2.33. The lowest BCUT2D eigenvalue weighted by Crippen LogP contribution is -2.45. The lowest BCUT2D eigenvalue weighted by atomic mass is 9.76. The summed E-state index contributed by atoms with van der Waals surface area (Å²) < 4.78 is 11.4. The number of ether oxygens (including phenoxy) is 2. The average molecular weight is 288 g/mol. The van der Waals surface area contributed by atoms with Gasteiger partial charge in [-0.15, -0.1) is 0 Å². The van der Waals surface area contributed by atoms with Gasteiger partial charge < -0.3 is 9.47 Å². The number of hydrogen-bond acceptors (Lipinski definition) is 4. The first-order valence-corrected chi connectivity index (χ1v) is 8.16. The zero-order chi connectivity index (χ0) is 14.1. The molecule has 2 heterocycles. The fourth-order valence-electron chi connectivity index (χ4n) is 4.05. The van der Waals surface area contributed by atoms with Crippen LogP contribution in [0.1, 0.15) is 30.4 Å². The van der Waals surface area contributed by atoms with Gasteiger partial charge in [0.2, 0.25) is 0 Å². The zero-order valence-electron chi connectivity index (χ0n) is 12.4. The summed E-state index contributed by atoms with van der Waals surface area (Å²) in [6.45, 7) is 3.42. The fraction of sp³-hybridized carbons (Fsp3) is 0.647. The van der Waals surface area contributed by atoms with Gasteiger partial charge in [0, 0.05) is 18.7 Å². The van der Waals surface area contributed by atoms with E-state index in [0.29, 0.717) is 18.8 Å². The minimum absolute atomic E-state index is 0.503. The highest BCUT2D eigenvalue weighted by atomic mass is 16.5. The highest BCUT2D eigenvalue weighted by Crippen LogP contribution is 2.35. The summed E-state index contributed by atoms with van der Waals surface area (Å²) in [5.41, 5.74) is 2.75. The molecular weight excluding hydrogens is 264 g/mol. The number of rotatable bonds is 2. The van der Waals surface area contributed by atoms with E-state index in [1.165, 1.54) is 36.8 Å². The SMILES string of the molecule is c1cc2c(cc1CC1CCC3OCNC[C@H]3C1)CNCO2. The molecule has 0 radical (unpaired) electrons. The van der Waals surface area contributed by atoms with Crippen molar-refractivity contribution < 1.29 is 9.47 Å². The minimum atomic E-state index is 0.503. The van der Waals surface area contributed by atoms with Gasteiger partial charge in [-0.25, -0.2) is 0 Å². The second kappa shape index (κ2) is 5.95. The van der Waals surface area contributed by atoms with Crippen molar-refractivity contribution >= 4 is 0 Å². The van der Waals surface area contributed by atoms with Crippen LogP contribution >= 0.6 is 0 Å². The quantitative estimate of drug-likeness (QED) is 0.874. The summed E-state index contributed by atoms with van der Waals surface area (Å²) in [5, 5.41) is 6.62. The molecule has 1 aromatic rings. The number of benzene rings is 1. The van der Waals surface area contributed by atoms with Crippen LogP contribution < -0.4 is 15.4 Å². The molecule has 0 spiro atoms. The van der Waals surface area contributed by atoms with Crippen LogP contribution in [0.25, 0.3) is 0 Å². The predicted octanol–water partition coefficient (Wildman–Crippen LogP) is 2.03. The Balaban J connectivity index is 1.41. The summed E-state index contributed by atoms with van der Waals surface area (Å²) in [7, 11) is 0. The third kappa shape index (κ3) is 2.93. The van der Waals surface area contributed by atoms with Crippen LogP contribution in [0.15, 0.2) is 18.2 Å². The molecule has 1 saturated carbocycles. The standard InChI is InChI=1S/C17H24N2O2/c1-3-16-14(8-18-10-20-16)6-12(1)5-13-2-4-17-15(7-13)9-19-11-21-17/h1,3,6,13,15,17-19H,2,4-5,7-11H2/t13?,15-,17?/m1/s1. The first-order chi connectivity index (χ1) is 10.4. The highest BCUT2D eigenvalue weighted by molar-refractivity contribution is 5.38. The van der Waals surface area contributed by atoms with Crippen molar-refractivity contribution in [2.75, 3.05) is 20.0 Å². The summed E-state index contributed by atoms with van der Waals surface area (Å²) in [6.07, 6.45) is 5.52. The van der Waals surface area contributed by atoms with E-state index in [1.54, 1.807) is 0 Å². The number of fused-ring (bicyclic) bond motifs is 2. The maximum absolute atomic E-state index is 5.82. The molecule has 2 unspecified atom stereocenters. The Labute approximate surface area is 126 Å². The summed E-state index contributed by atoms with van der Waals surface area (Å²) in [5.74, 6) is 2.55. The van der Waals surface area contributed by atoms with E-state index in [1.807, 2.05) is 0 Å². The lowest BCUT2D eigenvalue weighted by Gasteiger charge is -2.39. The summed E-state index contributed by atoms with van der Waals surface area (Å²) in [4.78, 5) is 0. The molecule has 1 aliphatic carbocycles. The Kier molecular flexibility index (Phi) is 3.84. The fourth-order valence-corrected chi connectivity index (χ4v) is 4.05. The predicted molar refractivity (Wildman–Crippen MR) is 81.1 cm³/mol. The van der Waals surface area contributed by atoms with Crippen LogP contribution in [0.2, 0.25) is 0 Å². The molecule has 4 nitrogen and oxygen atoms in total.